The van der Waals surface area contributed by atoms with Gasteiger partial charge in [0.15, 0.2) is 0 Å². The van der Waals surface area contributed by atoms with Crippen LogP contribution in [0.15, 0.2) is 48.5 Å². The molecule has 0 bridgehead atoms. The van der Waals surface area contributed by atoms with Crippen molar-refractivity contribution in [2.24, 2.45) is 0 Å². The number of benzene rings is 2. The van der Waals surface area contributed by atoms with Gasteiger partial charge in [0.1, 0.15) is 11.5 Å². The number of carbonyl (C=O) groups excluding carboxylic acids is 1. The van der Waals surface area contributed by atoms with E-state index < -0.39 is 0 Å². The van der Waals surface area contributed by atoms with Gasteiger partial charge in [-0.25, -0.2) is 0 Å². The molecule has 2 rings (SSSR count). The van der Waals surface area contributed by atoms with E-state index in [0.29, 0.717) is 19.0 Å². The Morgan fingerprint density at radius 2 is 1.67 bits per heavy atom. The Balaban J connectivity index is 2.22. The van der Waals surface area contributed by atoms with Crippen LogP contribution in [-0.4, -0.2) is 33.4 Å². The van der Waals surface area contributed by atoms with Crippen LogP contribution >= 0.6 is 11.6 Å². The number of phenols is 2. The SMILES string of the molecule is O=C(c1cc(O)cc(O)c1)N(CCCl)Cc1ccccc1. The minimum Gasteiger partial charge on any atom is -0.508 e. The van der Waals surface area contributed by atoms with Crippen molar-refractivity contribution in [3.63, 3.8) is 0 Å². The summed E-state index contributed by atoms with van der Waals surface area (Å²) in [5.74, 6) is -0.276. The van der Waals surface area contributed by atoms with Crippen LogP contribution in [0.2, 0.25) is 0 Å². The quantitative estimate of drug-likeness (QED) is 0.835. The molecule has 0 aliphatic rings. The molecular weight excluding hydrogens is 290 g/mol. The fourth-order valence-electron chi connectivity index (χ4n) is 2.06. The van der Waals surface area contributed by atoms with E-state index in [0.717, 1.165) is 5.56 Å². The summed E-state index contributed by atoms with van der Waals surface area (Å²) in [6.45, 7) is 0.800. The minimum absolute atomic E-state index is 0.149. The molecule has 0 unspecified atom stereocenters. The molecule has 2 aromatic rings. The lowest BCUT2D eigenvalue weighted by atomic mass is 10.1. The second-order valence-corrected chi connectivity index (χ2v) is 5.02. The second kappa shape index (κ2) is 6.99. The predicted molar refractivity (Wildman–Crippen MR) is 81.7 cm³/mol. The first-order valence-corrected chi connectivity index (χ1v) is 7.06. The summed E-state index contributed by atoms with van der Waals surface area (Å²) in [6, 6.07) is 13.4. The lowest BCUT2D eigenvalue weighted by molar-refractivity contribution is 0.0753. The highest BCUT2D eigenvalue weighted by molar-refractivity contribution is 6.18. The van der Waals surface area contributed by atoms with Crippen LogP contribution in [0.4, 0.5) is 0 Å². The Bertz CT molecular complexity index is 596. The zero-order valence-corrected chi connectivity index (χ0v) is 12.1. The average molecular weight is 306 g/mol. The van der Waals surface area contributed by atoms with E-state index in [-0.39, 0.29) is 23.0 Å². The van der Waals surface area contributed by atoms with Crippen molar-refractivity contribution >= 4 is 17.5 Å². The summed E-state index contributed by atoms with van der Waals surface area (Å²) in [6.07, 6.45) is 0. The molecule has 5 heteroatoms. The number of hydrogen-bond donors (Lipinski definition) is 2. The van der Waals surface area contributed by atoms with Gasteiger partial charge in [0.2, 0.25) is 0 Å². The molecule has 4 nitrogen and oxygen atoms in total. The van der Waals surface area contributed by atoms with Crippen molar-refractivity contribution in [3.05, 3.63) is 59.7 Å². The Morgan fingerprint density at radius 1 is 1.05 bits per heavy atom. The molecule has 0 radical (unpaired) electrons. The third kappa shape index (κ3) is 4.13. The summed E-state index contributed by atoms with van der Waals surface area (Å²) >= 11 is 5.76. The number of hydrogen-bond acceptors (Lipinski definition) is 3. The van der Waals surface area contributed by atoms with Gasteiger partial charge in [-0.2, -0.15) is 0 Å². The van der Waals surface area contributed by atoms with Gasteiger partial charge in [0.05, 0.1) is 0 Å². The molecule has 0 heterocycles. The van der Waals surface area contributed by atoms with Gasteiger partial charge in [0, 0.05) is 30.6 Å². The number of carbonyl (C=O) groups is 1. The molecule has 0 fully saturated rings. The lowest BCUT2D eigenvalue weighted by Crippen LogP contribution is -2.32. The maximum Gasteiger partial charge on any atom is 0.254 e. The molecule has 1 amide bonds. The molecule has 110 valence electrons. The fraction of sp³-hybridized carbons (Fsp3) is 0.188. The maximum atomic E-state index is 12.5. The van der Waals surface area contributed by atoms with Crippen molar-refractivity contribution < 1.29 is 15.0 Å². The third-order valence-electron chi connectivity index (χ3n) is 3.01. The van der Waals surface area contributed by atoms with E-state index in [1.807, 2.05) is 30.3 Å². The molecule has 0 saturated heterocycles. The van der Waals surface area contributed by atoms with E-state index in [4.69, 9.17) is 11.6 Å². The number of halogens is 1. The van der Waals surface area contributed by atoms with Crippen molar-refractivity contribution in [2.75, 3.05) is 12.4 Å². The van der Waals surface area contributed by atoms with Crippen LogP contribution in [0.5, 0.6) is 11.5 Å². The van der Waals surface area contributed by atoms with Crippen LogP contribution in [0.25, 0.3) is 0 Å². The zero-order valence-electron chi connectivity index (χ0n) is 11.4. The van der Waals surface area contributed by atoms with E-state index in [9.17, 15) is 15.0 Å². The van der Waals surface area contributed by atoms with Crippen molar-refractivity contribution in [1.29, 1.82) is 0 Å². The van der Waals surface area contributed by atoms with Crippen LogP contribution in [-0.2, 0) is 6.54 Å². The van der Waals surface area contributed by atoms with Crippen molar-refractivity contribution in [1.82, 2.24) is 4.90 Å². The van der Waals surface area contributed by atoms with Gasteiger partial charge in [0.25, 0.3) is 5.91 Å². The number of nitrogens with zero attached hydrogens (tertiary/aromatic N) is 1. The molecule has 0 spiro atoms. The van der Waals surface area contributed by atoms with Gasteiger partial charge in [-0.3, -0.25) is 4.79 Å². The van der Waals surface area contributed by atoms with Crippen LogP contribution < -0.4 is 0 Å². The van der Waals surface area contributed by atoms with Gasteiger partial charge < -0.3 is 15.1 Å². The standard InChI is InChI=1S/C16H16ClNO3/c17-6-7-18(11-12-4-2-1-3-5-12)16(21)13-8-14(19)10-15(20)9-13/h1-5,8-10,19-20H,6-7,11H2. The molecular formula is C16H16ClNO3. The normalized spacial score (nSPS) is 10.3. The molecule has 2 N–H and O–H groups in total. The van der Waals surface area contributed by atoms with E-state index in [1.54, 1.807) is 4.90 Å². The summed E-state index contributed by atoms with van der Waals surface area (Å²) in [5.41, 5.74) is 1.22. The molecule has 0 aliphatic carbocycles. The Hall–Kier alpha value is -2.20. The molecule has 21 heavy (non-hydrogen) atoms. The maximum absolute atomic E-state index is 12.5. The molecule has 0 aliphatic heterocycles. The van der Waals surface area contributed by atoms with Gasteiger partial charge >= 0.3 is 0 Å². The predicted octanol–water partition coefficient (Wildman–Crippen LogP) is 2.98. The smallest absolute Gasteiger partial charge is 0.254 e. The fourth-order valence-corrected chi connectivity index (χ4v) is 2.26. The van der Waals surface area contributed by atoms with Crippen LogP contribution in [0.3, 0.4) is 0 Å². The largest absolute Gasteiger partial charge is 0.508 e. The number of aromatic hydroxyl groups is 2. The highest BCUT2D eigenvalue weighted by atomic mass is 35.5. The average Bonchev–Trinajstić information content (AvgIpc) is 2.46. The molecule has 2 aromatic carbocycles. The highest BCUT2D eigenvalue weighted by Crippen LogP contribution is 2.22. The first-order chi connectivity index (χ1) is 10.1. The molecule has 0 saturated carbocycles. The molecule has 0 aromatic heterocycles. The van der Waals surface area contributed by atoms with Gasteiger partial charge in [-0.1, -0.05) is 30.3 Å². The Labute approximate surface area is 128 Å². The van der Waals surface area contributed by atoms with E-state index in [2.05, 4.69) is 0 Å². The highest BCUT2D eigenvalue weighted by Gasteiger charge is 2.17. The Kier molecular flexibility index (Phi) is 5.06. The molecule has 0 atom stereocenters. The second-order valence-electron chi connectivity index (χ2n) is 4.64. The number of phenolic OH excluding ortho intramolecular Hbond substituents is 2. The van der Waals surface area contributed by atoms with Gasteiger partial charge in [-0.05, 0) is 17.7 Å². The third-order valence-corrected chi connectivity index (χ3v) is 3.18. The lowest BCUT2D eigenvalue weighted by Gasteiger charge is -2.22. The summed E-state index contributed by atoms with van der Waals surface area (Å²) < 4.78 is 0. The zero-order chi connectivity index (χ0) is 15.2. The minimum atomic E-state index is -0.286. The van der Waals surface area contributed by atoms with E-state index in [1.165, 1.54) is 18.2 Å². The monoisotopic (exact) mass is 305 g/mol. The number of alkyl halides is 1. The van der Waals surface area contributed by atoms with Crippen LogP contribution in [0, 0.1) is 0 Å². The van der Waals surface area contributed by atoms with E-state index >= 15 is 0 Å². The topological polar surface area (TPSA) is 60.8 Å². The van der Waals surface area contributed by atoms with Gasteiger partial charge in [-0.15, -0.1) is 11.6 Å². The first-order valence-electron chi connectivity index (χ1n) is 6.52. The summed E-state index contributed by atoms with van der Waals surface area (Å²) in [4.78, 5) is 14.1. The summed E-state index contributed by atoms with van der Waals surface area (Å²) in [7, 11) is 0. The Morgan fingerprint density at radius 3 is 2.24 bits per heavy atom. The van der Waals surface area contributed by atoms with Crippen molar-refractivity contribution in [3.8, 4) is 11.5 Å². The number of rotatable bonds is 5. The van der Waals surface area contributed by atoms with Crippen molar-refractivity contribution in [2.45, 2.75) is 6.54 Å². The first kappa shape index (κ1) is 15.2. The number of amides is 1. The van der Waals surface area contributed by atoms with Crippen LogP contribution in [0.1, 0.15) is 15.9 Å². The summed E-state index contributed by atoms with van der Waals surface area (Å²) in [5, 5.41) is 19.0.